The molecule has 4 nitrogen and oxygen atoms in total. The molecule has 0 aliphatic heterocycles. The van der Waals surface area contributed by atoms with Crippen LogP contribution in [0.25, 0.3) is 21.3 Å². The molecule has 0 amide bonds. The summed E-state index contributed by atoms with van der Waals surface area (Å²) >= 11 is 3.25. The number of aromatic nitrogens is 1. The van der Waals surface area contributed by atoms with E-state index >= 15 is 0 Å². The lowest BCUT2D eigenvalue weighted by Crippen LogP contribution is -2.16. The summed E-state index contributed by atoms with van der Waals surface area (Å²) in [4.78, 5) is 17.4. The second-order valence-electron chi connectivity index (χ2n) is 5.80. The van der Waals surface area contributed by atoms with E-state index in [0.29, 0.717) is 17.9 Å². The van der Waals surface area contributed by atoms with Crippen LogP contribution in [-0.2, 0) is 9.53 Å². The largest absolute Gasteiger partial charge is 0.466 e. The van der Waals surface area contributed by atoms with Gasteiger partial charge in [0.2, 0.25) is 0 Å². The van der Waals surface area contributed by atoms with Gasteiger partial charge >= 0.3 is 5.97 Å². The third-order valence-corrected chi connectivity index (χ3v) is 6.31. The number of rotatable bonds is 6. The van der Waals surface area contributed by atoms with Crippen LogP contribution in [0.2, 0.25) is 0 Å². The fourth-order valence-electron chi connectivity index (χ4n) is 2.56. The van der Waals surface area contributed by atoms with Crippen LogP contribution in [0.15, 0.2) is 46.8 Å². The van der Waals surface area contributed by atoms with Crippen LogP contribution in [0.5, 0.6) is 0 Å². The molecule has 1 unspecified atom stereocenters. The van der Waals surface area contributed by atoms with Crippen molar-refractivity contribution in [3.05, 3.63) is 47.5 Å². The van der Waals surface area contributed by atoms with E-state index in [9.17, 15) is 4.79 Å². The lowest BCUT2D eigenvalue weighted by Gasteiger charge is -2.14. The Labute approximate surface area is 160 Å². The molecule has 3 aromatic rings. The number of carbonyl (C=O) groups is 1. The topological polar surface area (TPSA) is 63.0 Å². The van der Waals surface area contributed by atoms with E-state index in [4.69, 9.17) is 10.00 Å². The minimum absolute atomic E-state index is 0.170. The fourth-order valence-corrected chi connectivity index (χ4v) is 4.74. The van der Waals surface area contributed by atoms with Gasteiger partial charge in [-0.2, -0.15) is 5.26 Å². The van der Waals surface area contributed by atoms with Crippen LogP contribution in [0, 0.1) is 17.2 Å². The van der Waals surface area contributed by atoms with Gasteiger partial charge in [-0.25, -0.2) is 4.98 Å². The van der Waals surface area contributed by atoms with Gasteiger partial charge in [-0.1, -0.05) is 25.1 Å². The number of fused-ring (bicyclic) bond motifs is 1. The molecule has 0 bridgehead atoms. The number of nitriles is 1. The highest BCUT2D eigenvalue weighted by molar-refractivity contribution is 7.99. The quantitative estimate of drug-likeness (QED) is 0.437. The van der Waals surface area contributed by atoms with Crippen molar-refractivity contribution in [2.24, 2.45) is 5.92 Å². The molecule has 0 aliphatic carbocycles. The van der Waals surface area contributed by atoms with Gasteiger partial charge in [-0.15, -0.1) is 23.1 Å². The first-order valence-corrected chi connectivity index (χ1v) is 10.2. The van der Waals surface area contributed by atoms with Gasteiger partial charge in [0, 0.05) is 10.6 Å². The smallest absolute Gasteiger partial charge is 0.309 e. The van der Waals surface area contributed by atoms with Crippen molar-refractivity contribution in [3.63, 3.8) is 0 Å². The average molecular weight is 383 g/mol. The van der Waals surface area contributed by atoms with Crippen molar-refractivity contribution in [1.29, 1.82) is 5.26 Å². The van der Waals surface area contributed by atoms with Gasteiger partial charge in [-0.3, -0.25) is 4.79 Å². The first-order chi connectivity index (χ1) is 12.6. The Bertz CT molecular complexity index is 958. The normalized spacial score (nSPS) is 11.9. The molecular weight excluding hydrogens is 364 g/mol. The molecule has 0 aliphatic rings. The van der Waals surface area contributed by atoms with Crippen molar-refractivity contribution in [1.82, 2.24) is 4.98 Å². The van der Waals surface area contributed by atoms with Crippen LogP contribution in [0.1, 0.15) is 19.4 Å². The van der Waals surface area contributed by atoms with Crippen LogP contribution in [-0.4, -0.2) is 23.3 Å². The molecule has 0 N–H and O–H groups in total. The Morgan fingerprint density at radius 3 is 2.77 bits per heavy atom. The number of thiazole rings is 1. The molecule has 0 fully saturated rings. The minimum Gasteiger partial charge on any atom is -0.466 e. The van der Waals surface area contributed by atoms with E-state index in [2.05, 4.69) is 17.1 Å². The monoisotopic (exact) mass is 382 g/mol. The van der Waals surface area contributed by atoms with E-state index in [-0.39, 0.29) is 11.9 Å². The summed E-state index contributed by atoms with van der Waals surface area (Å²) in [5, 5.41) is 9.00. The maximum absolute atomic E-state index is 11.9. The summed E-state index contributed by atoms with van der Waals surface area (Å²) in [7, 11) is 0. The Morgan fingerprint density at radius 1 is 1.31 bits per heavy atom. The maximum Gasteiger partial charge on any atom is 0.309 e. The SMILES string of the molecule is CCOC(=O)C(C)CSc1c(-c2ccc(C#N)cc2)ccc2ncsc12. The summed E-state index contributed by atoms with van der Waals surface area (Å²) in [6.45, 7) is 4.10. The summed E-state index contributed by atoms with van der Waals surface area (Å²) in [5.41, 5.74) is 5.57. The van der Waals surface area contributed by atoms with E-state index < -0.39 is 0 Å². The highest BCUT2D eigenvalue weighted by atomic mass is 32.2. The number of hydrogen-bond donors (Lipinski definition) is 0. The maximum atomic E-state index is 11.9. The molecule has 0 saturated heterocycles. The predicted octanol–water partition coefficient (Wildman–Crippen LogP) is 5.13. The molecule has 6 heteroatoms. The van der Waals surface area contributed by atoms with Gasteiger partial charge in [0.1, 0.15) is 0 Å². The molecule has 1 heterocycles. The molecule has 0 radical (unpaired) electrons. The number of benzene rings is 2. The fraction of sp³-hybridized carbons (Fsp3) is 0.250. The third kappa shape index (κ3) is 3.90. The number of thioether (sulfide) groups is 1. The highest BCUT2D eigenvalue weighted by Crippen LogP contribution is 2.39. The van der Waals surface area contributed by atoms with Crippen molar-refractivity contribution >= 4 is 39.3 Å². The highest BCUT2D eigenvalue weighted by Gasteiger charge is 2.18. The minimum atomic E-state index is -0.183. The van der Waals surface area contributed by atoms with E-state index in [1.165, 1.54) is 0 Å². The van der Waals surface area contributed by atoms with Crippen LogP contribution >= 0.6 is 23.1 Å². The predicted molar refractivity (Wildman–Crippen MR) is 106 cm³/mol. The molecule has 0 saturated carbocycles. The third-order valence-electron chi connectivity index (χ3n) is 3.95. The van der Waals surface area contributed by atoms with Crippen molar-refractivity contribution in [2.75, 3.05) is 12.4 Å². The lowest BCUT2D eigenvalue weighted by atomic mass is 10.0. The Kier molecular flexibility index (Phi) is 5.92. The number of nitrogens with zero attached hydrogens (tertiary/aromatic N) is 2. The molecular formula is C20H18N2O2S2. The van der Waals surface area contributed by atoms with Crippen LogP contribution < -0.4 is 0 Å². The van der Waals surface area contributed by atoms with Gasteiger partial charge in [0.15, 0.2) is 0 Å². The second kappa shape index (κ2) is 8.35. The molecule has 2 aromatic carbocycles. The Balaban J connectivity index is 1.95. The number of carbonyl (C=O) groups excluding carboxylic acids is 1. The molecule has 0 spiro atoms. The molecule has 132 valence electrons. The molecule has 3 rings (SSSR count). The zero-order chi connectivity index (χ0) is 18.5. The second-order valence-corrected chi connectivity index (χ2v) is 7.68. The molecule has 1 aromatic heterocycles. The van der Waals surface area contributed by atoms with Gasteiger partial charge < -0.3 is 4.74 Å². The zero-order valence-electron chi connectivity index (χ0n) is 14.6. The van der Waals surface area contributed by atoms with E-state index in [0.717, 1.165) is 26.2 Å². The number of hydrogen-bond acceptors (Lipinski definition) is 6. The molecule has 26 heavy (non-hydrogen) atoms. The van der Waals surface area contributed by atoms with Gasteiger partial charge in [0.05, 0.1) is 39.9 Å². The lowest BCUT2D eigenvalue weighted by molar-refractivity contribution is -0.146. The molecule has 1 atom stereocenters. The number of esters is 1. The average Bonchev–Trinajstić information content (AvgIpc) is 3.15. The Morgan fingerprint density at radius 2 is 2.08 bits per heavy atom. The first kappa shape index (κ1) is 18.4. The van der Waals surface area contributed by atoms with E-state index in [1.54, 1.807) is 23.1 Å². The summed E-state index contributed by atoms with van der Waals surface area (Å²) < 4.78 is 6.23. The summed E-state index contributed by atoms with van der Waals surface area (Å²) in [6, 6.07) is 13.8. The summed E-state index contributed by atoms with van der Waals surface area (Å²) in [6.07, 6.45) is 0. The summed E-state index contributed by atoms with van der Waals surface area (Å²) in [5.74, 6) is 0.285. The van der Waals surface area contributed by atoms with Gasteiger partial charge in [-0.05, 0) is 36.2 Å². The van der Waals surface area contributed by atoms with Crippen molar-refractivity contribution < 1.29 is 9.53 Å². The number of ether oxygens (including phenoxy) is 1. The van der Waals surface area contributed by atoms with Crippen LogP contribution in [0.4, 0.5) is 0 Å². The van der Waals surface area contributed by atoms with Gasteiger partial charge in [0.25, 0.3) is 0 Å². The van der Waals surface area contributed by atoms with E-state index in [1.807, 2.05) is 49.7 Å². The van der Waals surface area contributed by atoms with Crippen LogP contribution in [0.3, 0.4) is 0 Å². The zero-order valence-corrected chi connectivity index (χ0v) is 16.2. The first-order valence-electron chi connectivity index (χ1n) is 8.30. The standard InChI is InChI=1S/C20H18N2O2S2/c1-3-24-20(23)13(2)11-25-18-16(8-9-17-19(18)26-12-22-17)15-6-4-14(10-21)5-7-15/h4-9,12-13H,3,11H2,1-2H3. The Hall–Kier alpha value is -2.36. The van der Waals surface area contributed by atoms with Crippen molar-refractivity contribution in [2.45, 2.75) is 18.7 Å². The van der Waals surface area contributed by atoms with Crippen molar-refractivity contribution in [3.8, 4) is 17.2 Å².